The van der Waals surface area contributed by atoms with Gasteiger partial charge in [-0.15, -0.1) is 0 Å². The van der Waals surface area contributed by atoms with Gasteiger partial charge in [-0.3, -0.25) is 4.79 Å². The Labute approximate surface area is 142 Å². The number of hydrogen-bond donors (Lipinski definition) is 2. The molecule has 0 saturated heterocycles. The van der Waals surface area contributed by atoms with E-state index in [4.69, 9.17) is 0 Å². The maximum Gasteiger partial charge on any atom is 0.263 e. The van der Waals surface area contributed by atoms with Crippen molar-refractivity contribution in [3.8, 4) is 6.07 Å². The molecule has 0 spiro atoms. The molecule has 2 aromatic carbocycles. The third kappa shape index (κ3) is 5.29. The van der Waals surface area contributed by atoms with Crippen LogP contribution in [0, 0.1) is 25.2 Å². The Balaban J connectivity index is 1.92. The Morgan fingerprint density at radius 3 is 2.42 bits per heavy atom. The highest BCUT2D eigenvalue weighted by molar-refractivity contribution is 5.97. The number of nitrogens with zero attached hydrogens (tertiary/aromatic N) is 1. The summed E-state index contributed by atoms with van der Waals surface area (Å²) in [6.45, 7) is 4.50. The summed E-state index contributed by atoms with van der Waals surface area (Å²) in [5.74, 6) is -0.370. The Morgan fingerprint density at radius 2 is 1.79 bits per heavy atom. The van der Waals surface area contributed by atoms with E-state index in [2.05, 4.69) is 16.7 Å². The number of nitriles is 1. The van der Waals surface area contributed by atoms with Gasteiger partial charge in [0.25, 0.3) is 5.91 Å². The van der Waals surface area contributed by atoms with Gasteiger partial charge in [0.05, 0.1) is 0 Å². The van der Waals surface area contributed by atoms with Gasteiger partial charge >= 0.3 is 0 Å². The van der Waals surface area contributed by atoms with Crippen LogP contribution in [0.1, 0.15) is 16.7 Å². The number of nitrogens with one attached hydrogen (secondary N) is 2. The molecule has 2 N–H and O–H groups in total. The van der Waals surface area contributed by atoms with Crippen LogP contribution in [0.5, 0.6) is 0 Å². The van der Waals surface area contributed by atoms with Crippen LogP contribution in [0.4, 0.5) is 5.69 Å². The van der Waals surface area contributed by atoms with Crippen LogP contribution in [0.3, 0.4) is 0 Å². The van der Waals surface area contributed by atoms with Gasteiger partial charge in [-0.2, -0.15) is 5.26 Å². The van der Waals surface area contributed by atoms with E-state index in [1.807, 2.05) is 62.4 Å². The Hall–Kier alpha value is -3.06. The minimum absolute atomic E-state index is 0.0576. The van der Waals surface area contributed by atoms with E-state index >= 15 is 0 Å². The quantitative estimate of drug-likeness (QED) is 0.633. The van der Waals surface area contributed by atoms with Crippen LogP contribution in [0.15, 0.2) is 60.3 Å². The fraction of sp³-hybridized carbons (Fsp3) is 0.200. The second-order valence-corrected chi connectivity index (χ2v) is 5.68. The largest absolute Gasteiger partial charge is 0.360 e. The molecule has 2 rings (SSSR count). The van der Waals surface area contributed by atoms with Crippen molar-refractivity contribution in [2.45, 2.75) is 20.3 Å². The lowest BCUT2D eigenvalue weighted by Gasteiger charge is -2.07. The topological polar surface area (TPSA) is 64.9 Å². The van der Waals surface area contributed by atoms with Crippen LogP contribution in [-0.2, 0) is 11.2 Å². The lowest BCUT2D eigenvalue weighted by atomic mass is 10.1. The average molecular weight is 319 g/mol. The summed E-state index contributed by atoms with van der Waals surface area (Å²) in [6, 6.07) is 17.8. The standard InChI is InChI=1S/C20H21N3O/c1-15-10-16(2)12-19(11-15)23-14-18(13-21)20(24)22-9-8-17-6-4-3-5-7-17/h3-7,10-12,14,23H,8-9H2,1-2H3,(H,22,24)/b18-14+. The Kier molecular flexibility index (Phi) is 6.16. The maximum atomic E-state index is 12.1. The minimum atomic E-state index is -0.370. The van der Waals surface area contributed by atoms with Gasteiger partial charge in [0.2, 0.25) is 0 Å². The van der Waals surface area contributed by atoms with E-state index in [-0.39, 0.29) is 11.5 Å². The van der Waals surface area contributed by atoms with Crippen molar-refractivity contribution in [2.24, 2.45) is 0 Å². The average Bonchev–Trinajstić information content (AvgIpc) is 2.55. The van der Waals surface area contributed by atoms with Gasteiger partial charge < -0.3 is 10.6 Å². The SMILES string of the molecule is Cc1cc(C)cc(N/C=C(\C#N)C(=O)NCCc2ccccc2)c1. The van der Waals surface area contributed by atoms with E-state index in [1.165, 1.54) is 6.20 Å². The Bertz CT molecular complexity index is 753. The highest BCUT2D eigenvalue weighted by Crippen LogP contribution is 2.14. The summed E-state index contributed by atoms with van der Waals surface area (Å²) in [7, 11) is 0. The van der Waals surface area contributed by atoms with E-state index in [1.54, 1.807) is 0 Å². The number of rotatable bonds is 6. The first-order chi connectivity index (χ1) is 11.6. The van der Waals surface area contributed by atoms with Crippen LogP contribution in [0.25, 0.3) is 0 Å². The van der Waals surface area contributed by atoms with E-state index < -0.39 is 0 Å². The van der Waals surface area contributed by atoms with E-state index in [0.29, 0.717) is 6.54 Å². The first-order valence-electron chi connectivity index (χ1n) is 7.85. The first kappa shape index (κ1) is 17.3. The molecule has 4 heteroatoms. The molecule has 0 fully saturated rings. The highest BCUT2D eigenvalue weighted by Gasteiger charge is 2.08. The molecule has 2 aromatic rings. The van der Waals surface area contributed by atoms with Crippen molar-refractivity contribution < 1.29 is 4.79 Å². The molecule has 122 valence electrons. The minimum Gasteiger partial charge on any atom is -0.360 e. The monoisotopic (exact) mass is 319 g/mol. The fourth-order valence-electron chi connectivity index (χ4n) is 2.42. The number of benzene rings is 2. The molecule has 0 aliphatic rings. The van der Waals surface area contributed by atoms with Gasteiger partial charge in [-0.05, 0) is 49.1 Å². The van der Waals surface area contributed by atoms with E-state index in [9.17, 15) is 10.1 Å². The summed E-state index contributed by atoms with van der Waals surface area (Å²) < 4.78 is 0. The summed E-state index contributed by atoms with van der Waals surface area (Å²) in [5, 5.41) is 15.0. The summed E-state index contributed by atoms with van der Waals surface area (Å²) >= 11 is 0. The van der Waals surface area contributed by atoms with Gasteiger partial charge in [0, 0.05) is 18.4 Å². The van der Waals surface area contributed by atoms with Crippen LogP contribution < -0.4 is 10.6 Å². The molecule has 0 heterocycles. The second kappa shape index (κ2) is 8.54. The van der Waals surface area contributed by atoms with Gasteiger partial charge in [-0.1, -0.05) is 36.4 Å². The number of aryl methyl sites for hydroxylation is 2. The third-order valence-electron chi connectivity index (χ3n) is 3.51. The number of amides is 1. The number of hydrogen-bond acceptors (Lipinski definition) is 3. The molecule has 0 saturated carbocycles. The molecular weight excluding hydrogens is 298 g/mol. The van der Waals surface area contributed by atoms with Crippen LogP contribution in [0.2, 0.25) is 0 Å². The second-order valence-electron chi connectivity index (χ2n) is 5.68. The zero-order valence-corrected chi connectivity index (χ0v) is 14.0. The molecule has 0 aliphatic heterocycles. The zero-order valence-electron chi connectivity index (χ0n) is 14.0. The van der Waals surface area contributed by atoms with Crippen molar-refractivity contribution in [1.29, 1.82) is 5.26 Å². The van der Waals surface area contributed by atoms with Crippen molar-refractivity contribution in [3.05, 3.63) is 77.0 Å². The zero-order chi connectivity index (χ0) is 17.4. The molecule has 0 atom stereocenters. The van der Waals surface area contributed by atoms with Crippen molar-refractivity contribution >= 4 is 11.6 Å². The highest BCUT2D eigenvalue weighted by atomic mass is 16.1. The summed E-state index contributed by atoms with van der Waals surface area (Å²) in [4.78, 5) is 12.1. The lowest BCUT2D eigenvalue weighted by Crippen LogP contribution is -2.27. The van der Waals surface area contributed by atoms with Gasteiger partial charge in [0.1, 0.15) is 11.6 Å². The molecule has 0 radical (unpaired) electrons. The predicted octanol–water partition coefficient (Wildman–Crippen LogP) is 3.48. The number of anilines is 1. The molecule has 0 aromatic heterocycles. The summed E-state index contributed by atoms with van der Waals surface area (Å²) in [6.07, 6.45) is 2.18. The molecule has 4 nitrogen and oxygen atoms in total. The normalized spacial score (nSPS) is 10.8. The predicted molar refractivity (Wildman–Crippen MR) is 96.4 cm³/mol. The molecule has 1 amide bonds. The van der Waals surface area contributed by atoms with Crippen molar-refractivity contribution in [1.82, 2.24) is 5.32 Å². The molecule has 0 unspecified atom stereocenters. The van der Waals surface area contributed by atoms with Crippen molar-refractivity contribution in [3.63, 3.8) is 0 Å². The Morgan fingerprint density at radius 1 is 1.12 bits per heavy atom. The smallest absolute Gasteiger partial charge is 0.263 e. The van der Waals surface area contributed by atoms with Gasteiger partial charge in [0.15, 0.2) is 0 Å². The maximum absolute atomic E-state index is 12.1. The third-order valence-corrected chi connectivity index (χ3v) is 3.51. The summed E-state index contributed by atoms with van der Waals surface area (Å²) in [5.41, 5.74) is 4.31. The van der Waals surface area contributed by atoms with Crippen LogP contribution in [-0.4, -0.2) is 12.5 Å². The van der Waals surface area contributed by atoms with E-state index in [0.717, 1.165) is 28.8 Å². The van der Waals surface area contributed by atoms with Gasteiger partial charge in [-0.25, -0.2) is 0 Å². The molecule has 0 aliphatic carbocycles. The number of carbonyl (C=O) groups is 1. The molecular formula is C20H21N3O. The fourth-order valence-corrected chi connectivity index (χ4v) is 2.42. The molecule has 24 heavy (non-hydrogen) atoms. The molecule has 0 bridgehead atoms. The van der Waals surface area contributed by atoms with Crippen molar-refractivity contribution in [2.75, 3.05) is 11.9 Å². The van der Waals surface area contributed by atoms with Crippen LogP contribution >= 0.6 is 0 Å². The lowest BCUT2D eigenvalue weighted by molar-refractivity contribution is -0.117. The number of carbonyl (C=O) groups excluding carboxylic acids is 1. The first-order valence-corrected chi connectivity index (χ1v) is 7.85.